The van der Waals surface area contributed by atoms with Crippen LogP contribution in [0.15, 0.2) is 53.2 Å². The number of aryl methyl sites for hydroxylation is 1. The average molecular weight is 453 g/mol. The molecule has 3 aromatic rings. The molecule has 4 nitrogen and oxygen atoms in total. The summed E-state index contributed by atoms with van der Waals surface area (Å²) in [6.45, 7) is 5.58. The van der Waals surface area contributed by atoms with Crippen LogP contribution < -0.4 is 0 Å². The van der Waals surface area contributed by atoms with Gasteiger partial charge in [-0.05, 0) is 53.8 Å². The van der Waals surface area contributed by atoms with E-state index in [9.17, 15) is 9.59 Å². The van der Waals surface area contributed by atoms with Gasteiger partial charge in [0.05, 0.1) is 10.9 Å². The van der Waals surface area contributed by atoms with Crippen LogP contribution in [0.3, 0.4) is 0 Å². The van der Waals surface area contributed by atoms with Crippen LogP contribution in [0.25, 0.3) is 0 Å². The highest BCUT2D eigenvalue weighted by Gasteiger charge is 2.34. The number of benzene rings is 1. The van der Waals surface area contributed by atoms with Gasteiger partial charge in [-0.3, -0.25) is 9.59 Å². The monoisotopic (exact) mass is 452 g/mol. The van der Waals surface area contributed by atoms with Crippen molar-refractivity contribution in [2.45, 2.75) is 39.2 Å². The number of hydrogen-bond donors (Lipinski definition) is 0. The van der Waals surface area contributed by atoms with Crippen LogP contribution in [0.2, 0.25) is 0 Å². The first-order chi connectivity index (χ1) is 15.1. The predicted octanol–water partition coefficient (Wildman–Crippen LogP) is 5.53. The van der Waals surface area contributed by atoms with Crippen molar-refractivity contribution in [3.05, 3.63) is 79.7 Å². The van der Waals surface area contributed by atoms with Gasteiger partial charge in [-0.25, -0.2) is 0 Å². The number of unbranched alkanes of at least 4 members (excludes halogenated alkanes) is 1. The van der Waals surface area contributed by atoms with Crippen molar-refractivity contribution < 1.29 is 9.59 Å². The first-order valence-corrected chi connectivity index (χ1v) is 12.6. The van der Waals surface area contributed by atoms with Crippen LogP contribution in [0.1, 0.15) is 57.0 Å². The smallest absolute Gasteiger partial charge is 0.264 e. The Hall–Kier alpha value is -2.44. The molecule has 2 amide bonds. The summed E-state index contributed by atoms with van der Waals surface area (Å²) in [5.41, 5.74) is 3.55. The number of carbonyl (C=O) groups is 2. The predicted molar refractivity (Wildman–Crippen MR) is 128 cm³/mol. The second-order valence-corrected chi connectivity index (χ2v) is 9.96. The van der Waals surface area contributed by atoms with E-state index in [4.69, 9.17) is 0 Å². The molecule has 0 saturated heterocycles. The minimum Gasteiger partial charge on any atom is -0.330 e. The highest BCUT2D eigenvalue weighted by Crippen LogP contribution is 2.38. The third-order valence-electron chi connectivity index (χ3n) is 5.81. The molecule has 4 rings (SSSR count). The van der Waals surface area contributed by atoms with Crippen LogP contribution in [-0.4, -0.2) is 41.2 Å². The molecule has 2 aromatic heterocycles. The van der Waals surface area contributed by atoms with Crippen molar-refractivity contribution >= 4 is 34.5 Å². The number of rotatable bonds is 7. The normalized spacial score (nSPS) is 15.5. The lowest BCUT2D eigenvalue weighted by Crippen LogP contribution is -2.47. The Labute approximate surface area is 192 Å². The highest BCUT2D eigenvalue weighted by atomic mass is 32.1. The molecule has 31 heavy (non-hydrogen) atoms. The summed E-state index contributed by atoms with van der Waals surface area (Å²) in [4.78, 5) is 32.4. The third kappa shape index (κ3) is 4.75. The molecule has 0 fully saturated rings. The number of nitrogens with zero attached hydrogens (tertiary/aromatic N) is 2. The average Bonchev–Trinajstić information content (AvgIpc) is 3.48. The maximum Gasteiger partial charge on any atom is 0.264 e. The molecule has 1 unspecified atom stereocenters. The van der Waals surface area contributed by atoms with E-state index in [1.165, 1.54) is 27.3 Å². The molecule has 0 saturated carbocycles. The number of thiophene rings is 2. The Morgan fingerprint density at radius 2 is 1.90 bits per heavy atom. The lowest BCUT2D eigenvalue weighted by molar-refractivity contribution is -0.134. The molecule has 1 atom stereocenters. The zero-order valence-corrected chi connectivity index (χ0v) is 19.7. The summed E-state index contributed by atoms with van der Waals surface area (Å²) in [6.07, 6.45) is 2.74. The SMILES string of the molecule is CCCCN(CC(=O)N1CCc2sccc2C1c1ccc(C)cc1)C(=O)c1cccs1. The van der Waals surface area contributed by atoms with Gasteiger partial charge in [0.2, 0.25) is 5.91 Å². The van der Waals surface area contributed by atoms with E-state index in [1.54, 1.807) is 16.2 Å². The molecule has 0 radical (unpaired) electrons. The van der Waals surface area contributed by atoms with Gasteiger partial charge in [-0.2, -0.15) is 0 Å². The van der Waals surface area contributed by atoms with Gasteiger partial charge in [0.25, 0.3) is 5.91 Å². The second-order valence-electron chi connectivity index (χ2n) is 8.01. The zero-order valence-electron chi connectivity index (χ0n) is 18.0. The Balaban J connectivity index is 1.60. The van der Waals surface area contributed by atoms with E-state index in [2.05, 4.69) is 49.6 Å². The molecule has 1 aromatic carbocycles. The minimum absolute atomic E-state index is 0.0171. The fourth-order valence-corrected chi connectivity index (χ4v) is 5.70. The second kappa shape index (κ2) is 9.79. The molecule has 0 N–H and O–H groups in total. The quantitative estimate of drug-likeness (QED) is 0.473. The summed E-state index contributed by atoms with van der Waals surface area (Å²) >= 11 is 3.20. The maximum absolute atomic E-state index is 13.6. The van der Waals surface area contributed by atoms with Crippen molar-refractivity contribution in [1.29, 1.82) is 0 Å². The van der Waals surface area contributed by atoms with Gasteiger partial charge in [0.15, 0.2) is 0 Å². The van der Waals surface area contributed by atoms with Gasteiger partial charge in [-0.15, -0.1) is 22.7 Å². The van der Waals surface area contributed by atoms with Gasteiger partial charge < -0.3 is 9.80 Å². The molecular formula is C25H28N2O2S2. The molecule has 3 heterocycles. The maximum atomic E-state index is 13.6. The van der Waals surface area contributed by atoms with Crippen molar-refractivity contribution in [1.82, 2.24) is 9.80 Å². The first-order valence-electron chi connectivity index (χ1n) is 10.8. The van der Waals surface area contributed by atoms with Crippen LogP contribution in [-0.2, 0) is 11.2 Å². The van der Waals surface area contributed by atoms with Crippen molar-refractivity contribution in [2.24, 2.45) is 0 Å². The zero-order chi connectivity index (χ0) is 21.8. The summed E-state index contributed by atoms with van der Waals surface area (Å²) < 4.78 is 0. The number of amides is 2. The van der Waals surface area contributed by atoms with Gasteiger partial charge in [-0.1, -0.05) is 49.2 Å². The summed E-state index contributed by atoms with van der Waals surface area (Å²) in [5, 5.41) is 4.02. The number of hydrogen-bond acceptors (Lipinski definition) is 4. The first kappa shape index (κ1) is 21.8. The van der Waals surface area contributed by atoms with Crippen LogP contribution in [0.4, 0.5) is 0 Å². The van der Waals surface area contributed by atoms with Crippen LogP contribution in [0.5, 0.6) is 0 Å². The topological polar surface area (TPSA) is 40.6 Å². The summed E-state index contributed by atoms with van der Waals surface area (Å²) in [6, 6.07) is 14.2. The molecular weight excluding hydrogens is 424 g/mol. The molecule has 6 heteroatoms. The van der Waals surface area contributed by atoms with Gasteiger partial charge >= 0.3 is 0 Å². The largest absolute Gasteiger partial charge is 0.330 e. The Morgan fingerprint density at radius 3 is 2.61 bits per heavy atom. The summed E-state index contributed by atoms with van der Waals surface area (Å²) in [7, 11) is 0. The minimum atomic E-state index is -0.0898. The standard InChI is InChI=1S/C25H28N2O2S2/c1-3-4-13-26(25(29)22-6-5-15-30-22)17-23(28)27-14-11-21-20(12-16-31-21)24(27)19-9-7-18(2)8-10-19/h5-10,12,15-16,24H,3-4,11,13-14,17H2,1-2H3. The highest BCUT2D eigenvalue weighted by molar-refractivity contribution is 7.12. The van der Waals surface area contributed by atoms with E-state index in [0.717, 1.165) is 24.8 Å². The Bertz CT molecular complexity index is 1020. The van der Waals surface area contributed by atoms with Crippen molar-refractivity contribution in [3.8, 4) is 0 Å². The molecule has 0 aliphatic carbocycles. The van der Waals surface area contributed by atoms with E-state index < -0.39 is 0 Å². The molecule has 162 valence electrons. The number of carbonyl (C=O) groups excluding carboxylic acids is 2. The van der Waals surface area contributed by atoms with Gasteiger partial charge in [0.1, 0.15) is 6.54 Å². The fourth-order valence-electron chi connectivity index (χ4n) is 4.10. The number of fused-ring (bicyclic) bond motifs is 1. The molecule has 1 aliphatic rings. The molecule has 1 aliphatic heterocycles. The Kier molecular flexibility index (Phi) is 6.88. The van der Waals surface area contributed by atoms with Crippen molar-refractivity contribution in [3.63, 3.8) is 0 Å². The Morgan fingerprint density at radius 1 is 1.10 bits per heavy atom. The third-order valence-corrected chi connectivity index (χ3v) is 7.66. The summed E-state index contributed by atoms with van der Waals surface area (Å²) in [5.74, 6) is -0.0275. The van der Waals surface area contributed by atoms with E-state index >= 15 is 0 Å². The molecule has 0 bridgehead atoms. The van der Waals surface area contributed by atoms with E-state index in [1.807, 2.05) is 22.4 Å². The molecule has 0 spiro atoms. The lowest BCUT2D eigenvalue weighted by atomic mass is 9.92. The fraction of sp³-hybridized carbons (Fsp3) is 0.360. The van der Waals surface area contributed by atoms with E-state index in [-0.39, 0.29) is 24.4 Å². The van der Waals surface area contributed by atoms with Crippen LogP contribution >= 0.6 is 22.7 Å². The van der Waals surface area contributed by atoms with Gasteiger partial charge in [0, 0.05) is 18.0 Å². The van der Waals surface area contributed by atoms with Crippen LogP contribution in [0, 0.1) is 6.92 Å². The lowest BCUT2D eigenvalue weighted by Gasteiger charge is -2.37. The van der Waals surface area contributed by atoms with Crippen molar-refractivity contribution in [2.75, 3.05) is 19.6 Å². The van der Waals surface area contributed by atoms with E-state index in [0.29, 0.717) is 18.0 Å².